The average Bonchev–Trinajstić information content (AvgIpc) is 2.06. The SMILES string of the molecule is O=C(CCCl)Nc1cccnn1. The Morgan fingerprint density at radius 2 is 2.50 bits per heavy atom. The molecule has 0 fully saturated rings. The Morgan fingerprint density at radius 3 is 3.08 bits per heavy atom. The molecular weight excluding hydrogens is 178 g/mol. The van der Waals surface area contributed by atoms with Crippen molar-refractivity contribution in [2.24, 2.45) is 0 Å². The lowest BCUT2D eigenvalue weighted by atomic mass is 10.4. The fourth-order valence-corrected chi connectivity index (χ4v) is 0.831. The van der Waals surface area contributed by atoms with Gasteiger partial charge in [0.1, 0.15) is 0 Å². The molecule has 0 atom stereocenters. The van der Waals surface area contributed by atoms with Crippen LogP contribution in [-0.2, 0) is 4.79 Å². The quantitative estimate of drug-likeness (QED) is 0.716. The number of hydrogen-bond acceptors (Lipinski definition) is 3. The largest absolute Gasteiger partial charge is 0.309 e. The standard InChI is InChI=1S/C7H8ClN3O/c8-4-3-7(12)10-6-2-1-5-9-11-6/h1-2,5H,3-4H2,(H,10,11,12). The van der Waals surface area contributed by atoms with Crippen LogP contribution in [0, 0.1) is 0 Å². The number of aromatic nitrogens is 2. The van der Waals surface area contributed by atoms with Crippen LogP contribution in [0.2, 0.25) is 0 Å². The lowest BCUT2D eigenvalue weighted by Gasteiger charge is -1.99. The number of nitrogens with zero attached hydrogens (tertiary/aromatic N) is 2. The molecule has 0 spiro atoms. The second kappa shape index (κ2) is 4.66. The predicted octanol–water partition coefficient (Wildman–Crippen LogP) is 1.04. The van der Waals surface area contributed by atoms with Crippen molar-refractivity contribution < 1.29 is 4.79 Å². The zero-order chi connectivity index (χ0) is 8.81. The molecule has 0 aliphatic heterocycles. The maximum absolute atomic E-state index is 10.9. The molecule has 0 unspecified atom stereocenters. The predicted molar refractivity (Wildman–Crippen MR) is 46.0 cm³/mol. The van der Waals surface area contributed by atoms with Crippen LogP contribution in [0.15, 0.2) is 18.3 Å². The fraction of sp³-hybridized carbons (Fsp3) is 0.286. The first kappa shape index (κ1) is 8.93. The number of rotatable bonds is 3. The highest BCUT2D eigenvalue weighted by Gasteiger charge is 2.00. The minimum Gasteiger partial charge on any atom is -0.309 e. The van der Waals surface area contributed by atoms with E-state index >= 15 is 0 Å². The van der Waals surface area contributed by atoms with Crippen molar-refractivity contribution >= 4 is 23.3 Å². The van der Waals surface area contributed by atoms with Crippen LogP contribution in [0.4, 0.5) is 5.82 Å². The summed E-state index contributed by atoms with van der Waals surface area (Å²) >= 11 is 5.37. The molecule has 0 aliphatic rings. The van der Waals surface area contributed by atoms with E-state index in [4.69, 9.17) is 11.6 Å². The molecule has 1 N–H and O–H groups in total. The van der Waals surface area contributed by atoms with Crippen LogP contribution < -0.4 is 5.32 Å². The number of carbonyl (C=O) groups is 1. The van der Waals surface area contributed by atoms with Crippen LogP contribution in [0.1, 0.15) is 6.42 Å². The summed E-state index contributed by atoms with van der Waals surface area (Å²) in [5, 5.41) is 9.82. The lowest BCUT2D eigenvalue weighted by molar-refractivity contribution is -0.115. The van der Waals surface area contributed by atoms with Crippen molar-refractivity contribution in [3.05, 3.63) is 18.3 Å². The molecule has 0 radical (unpaired) electrons. The topological polar surface area (TPSA) is 54.9 Å². The molecule has 1 rings (SSSR count). The Balaban J connectivity index is 2.47. The maximum atomic E-state index is 10.9. The molecule has 5 heteroatoms. The van der Waals surface area contributed by atoms with Gasteiger partial charge in [-0.3, -0.25) is 4.79 Å². The minimum absolute atomic E-state index is 0.148. The smallest absolute Gasteiger partial charge is 0.226 e. The van der Waals surface area contributed by atoms with E-state index in [1.54, 1.807) is 12.1 Å². The van der Waals surface area contributed by atoms with Crippen molar-refractivity contribution in [2.75, 3.05) is 11.2 Å². The van der Waals surface area contributed by atoms with E-state index in [9.17, 15) is 4.79 Å². The van der Waals surface area contributed by atoms with Crippen molar-refractivity contribution in [1.29, 1.82) is 0 Å². The Hall–Kier alpha value is -1.16. The van der Waals surface area contributed by atoms with Gasteiger partial charge in [-0.1, -0.05) is 0 Å². The van der Waals surface area contributed by atoms with Gasteiger partial charge in [-0.15, -0.1) is 16.7 Å². The summed E-state index contributed by atoms with van der Waals surface area (Å²) in [6.45, 7) is 0. The van der Waals surface area contributed by atoms with E-state index in [0.29, 0.717) is 11.7 Å². The van der Waals surface area contributed by atoms with Crippen LogP contribution >= 0.6 is 11.6 Å². The van der Waals surface area contributed by atoms with E-state index < -0.39 is 0 Å². The Labute approximate surface area is 74.9 Å². The summed E-state index contributed by atoms with van der Waals surface area (Å²) in [4.78, 5) is 10.9. The summed E-state index contributed by atoms with van der Waals surface area (Å²) in [7, 11) is 0. The van der Waals surface area contributed by atoms with Crippen LogP contribution in [0.5, 0.6) is 0 Å². The number of hydrogen-bond donors (Lipinski definition) is 1. The molecule has 1 heterocycles. The second-order valence-corrected chi connectivity index (χ2v) is 2.47. The number of amides is 1. The monoisotopic (exact) mass is 185 g/mol. The van der Waals surface area contributed by atoms with Crippen LogP contribution in [0.3, 0.4) is 0 Å². The molecule has 64 valence electrons. The van der Waals surface area contributed by atoms with Gasteiger partial charge in [-0.25, -0.2) is 0 Å². The molecule has 1 amide bonds. The second-order valence-electron chi connectivity index (χ2n) is 2.10. The summed E-state index contributed by atoms with van der Waals surface area (Å²) < 4.78 is 0. The summed E-state index contributed by atoms with van der Waals surface area (Å²) in [5.41, 5.74) is 0. The summed E-state index contributed by atoms with van der Waals surface area (Å²) in [5.74, 6) is 0.615. The highest BCUT2D eigenvalue weighted by atomic mass is 35.5. The van der Waals surface area contributed by atoms with Gasteiger partial charge >= 0.3 is 0 Å². The third kappa shape index (κ3) is 2.84. The maximum Gasteiger partial charge on any atom is 0.226 e. The molecule has 0 aliphatic carbocycles. The molecule has 1 aromatic heterocycles. The zero-order valence-corrected chi connectivity index (χ0v) is 7.08. The molecular formula is C7H8ClN3O. The van der Waals surface area contributed by atoms with E-state index in [-0.39, 0.29) is 12.3 Å². The highest BCUT2D eigenvalue weighted by molar-refractivity contribution is 6.19. The van der Waals surface area contributed by atoms with E-state index in [1.165, 1.54) is 6.20 Å². The number of carbonyl (C=O) groups excluding carboxylic acids is 1. The lowest BCUT2D eigenvalue weighted by Crippen LogP contribution is -2.12. The van der Waals surface area contributed by atoms with E-state index in [2.05, 4.69) is 15.5 Å². The Kier molecular flexibility index (Phi) is 3.47. The molecule has 0 saturated carbocycles. The van der Waals surface area contributed by atoms with Gasteiger partial charge in [0.2, 0.25) is 5.91 Å². The van der Waals surface area contributed by atoms with Gasteiger partial charge < -0.3 is 5.32 Å². The van der Waals surface area contributed by atoms with Gasteiger partial charge in [0.25, 0.3) is 0 Å². The van der Waals surface area contributed by atoms with E-state index in [0.717, 1.165) is 0 Å². The number of alkyl halides is 1. The van der Waals surface area contributed by atoms with Gasteiger partial charge in [0.15, 0.2) is 5.82 Å². The number of nitrogens with one attached hydrogen (secondary N) is 1. The van der Waals surface area contributed by atoms with Gasteiger partial charge in [0, 0.05) is 18.5 Å². The normalized spacial score (nSPS) is 9.42. The first-order valence-corrected chi connectivity index (χ1v) is 4.00. The average molecular weight is 186 g/mol. The van der Waals surface area contributed by atoms with Crippen molar-refractivity contribution in [1.82, 2.24) is 10.2 Å². The van der Waals surface area contributed by atoms with Gasteiger partial charge in [0.05, 0.1) is 0 Å². The molecule has 12 heavy (non-hydrogen) atoms. The van der Waals surface area contributed by atoms with Crippen molar-refractivity contribution in [3.8, 4) is 0 Å². The third-order valence-electron chi connectivity index (χ3n) is 1.16. The molecule has 1 aromatic rings. The Bertz CT molecular complexity index is 252. The minimum atomic E-state index is -0.148. The molecule has 0 saturated heterocycles. The van der Waals surface area contributed by atoms with Gasteiger partial charge in [-0.2, -0.15) is 5.10 Å². The first-order chi connectivity index (χ1) is 5.83. The summed E-state index contributed by atoms with van der Waals surface area (Å²) in [6.07, 6.45) is 1.83. The summed E-state index contributed by atoms with van der Waals surface area (Å²) in [6, 6.07) is 3.36. The van der Waals surface area contributed by atoms with Gasteiger partial charge in [-0.05, 0) is 12.1 Å². The molecule has 4 nitrogen and oxygen atoms in total. The van der Waals surface area contributed by atoms with Crippen molar-refractivity contribution in [3.63, 3.8) is 0 Å². The first-order valence-electron chi connectivity index (χ1n) is 3.46. The third-order valence-corrected chi connectivity index (χ3v) is 1.35. The van der Waals surface area contributed by atoms with Crippen LogP contribution in [-0.4, -0.2) is 22.0 Å². The fourth-order valence-electron chi connectivity index (χ4n) is 0.659. The van der Waals surface area contributed by atoms with Crippen LogP contribution in [0.25, 0.3) is 0 Å². The van der Waals surface area contributed by atoms with E-state index in [1.807, 2.05) is 0 Å². The number of halogens is 1. The molecule has 0 aromatic carbocycles. The highest BCUT2D eigenvalue weighted by Crippen LogP contribution is 1.98. The van der Waals surface area contributed by atoms with Crippen molar-refractivity contribution in [2.45, 2.75) is 6.42 Å². The molecule has 0 bridgehead atoms. The number of anilines is 1. The zero-order valence-electron chi connectivity index (χ0n) is 6.33. The Morgan fingerprint density at radius 1 is 1.67 bits per heavy atom.